The van der Waals surface area contributed by atoms with Gasteiger partial charge >= 0.3 is 6.09 Å². The van der Waals surface area contributed by atoms with E-state index in [0.29, 0.717) is 12.2 Å². The van der Waals surface area contributed by atoms with Crippen molar-refractivity contribution in [3.05, 3.63) is 47.7 Å². The van der Waals surface area contributed by atoms with Crippen LogP contribution in [0.2, 0.25) is 0 Å². The van der Waals surface area contributed by atoms with E-state index >= 15 is 0 Å². The molecule has 0 aliphatic heterocycles. The van der Waals surface area contributed by atoms with Crippen LogP contribution in [0.25, 0.3) is 0 Å². The minimum absolute atomic E-state index is 0.0715. The molecule has 0 saturated heterocycles. The van der Waals surface area contributed by atoms with E-state index in [4.69, 9.17) is 19.5 Å². The van der Waals surface area contributed by atoms with Gasteiger partial charge in [0.15, 0.2) is 17.8 Å². The van der Waals surface area contributed by atoms with Crippen LogP contribution in [0.1, 0.15) is 23.1 Å². The summed E-state index contributed by atoms with van der Waals surface area (Å²) < 4.78 is 10.2. The lowest BCUT2D eigenvalue weighted by Gasteiger charge is -2.14. The number of hydrogen-bond acceptors (Lipinski definition) is 5. The fraction of sp³-hybridized carbons (Fsp3) is 0.214. The second kappa shape index (κ2) is 6.43. The Kier molecular flexibility index (Phi) is 4.41. The van der Waals surface area contributed by atoms with E-state index in [1.165, 1.54) is 0 Å². The third-order valence-corrected chi connectivity index (χ3v) is 2.91. The Morgan fingerprint density at radius 2 is 2.24 bits per heavy atom. The number of carbonyl (C=O) groups is 1. The summed E-state index contributed by atoms with van der Waals surface area (Å²) in [6, 6.07) is 8.38. The van der Waals surface area contributed by atoms with Crippen molar-refractivity contribution in [3.8, 4) is 11.8 Å². The van der Waals surface area contributed by atoms with Crippen molar-refractivity contribution in [3.63, 3.8) is 0 Å². The van der Waals surface area contributed by atoms with E-state index in [1.807, 2.05) is 18.2 Å². The zero-order chi connectivity index (χ0) is 15.2. The number of aromatic nitrogens is 1. The van der Waals surface area contributed by atoms with E-state index in [0.717, 1.165) is 12.0 Å². The number of nitrogens with one attached hydrogen (secondary N) is 1. The molecular formula is C14H13N3O4. The van der Waals surface area contributed by atoms with Crippen molar-refractivity contribution in [2.24, 2.45) is 0 Å². The van der Waals surface area contributed by atoms with Gasteiger partial charge in [0.2, 0.25) is 0 Å². The Bertz CT molecular complexity index is 658. The van der Waals surface area contributed by atoms with Gasteiger partial charge in [0, 0.05) is 6.42 Å². The van der Waals surface area contributed by atoms with Gasteiger partial charge in [-0.2, -0.15) is 5.26 Å². The van der Waals surface area contributed by atoms with Crippen LogP contribution < -0.4 is 10.1 Å². The van der Waals surface area contributed by atoms with Crippen molar-refractivity contribution >= 4 is 6.09 Å². The molecule has 0 fully saturated rings. The standard InChI is InChI=1S/C14H13N3O4/c1-20-10-4-2-9(3-5-10)6-11(17-14(18)19)13-12(7-15)16-8-21-13/h2-5,8,11,17H,6H2,1H3,(H,18,19)/t11-/m0/s1. The number of amides is 1. The number of ether oxygens (including phenoxy) is 1. The number of nitriles is 1. The molecule has 1 atom stereocenters. The molecule has 0 aliphatic rings. The average molecular weight is 287 g/mol. The fourth-order valence-electron chi connectivity index (χ4n) is 1.94. The Labute approximate surface area is 120 Å². The molecule has 0 aliphatic carbocycles. The second-order valence-electron chi connectivity index (χ2n) is 4.23. The lowest BCUT2D eigenvalue weighted by atomic mass is 10.0. The molecule has 0 unspecified atom stereocenters. The molecular weight excluding hydrogens is 274 g/mol. The maximum Gasteiger partial charge on any atom is 0.405 e. The number of nitrogens with zero attached hydrogens (tertiary/aromatic N) is 2. The number of hydrogen-bond donors (Lipinski definition) is 2. The van der Waals surface area contributed by atoms with Crippen LogP contribution >= 0.6 is 0 Å². The highest BCUT2D eigenvalue weighted by Gasteiger charge is 2.22. The Balaban J connectivity index is 2.24. The third kappa shape index (κ3) is 3.51. The molecule has 2 aromatic rings. The first kappa shape index (κ1) is 14.4. The summed E-state index contributed by atoms with van der Waals surface area (Å²) in [5.74, 6) is 0.912. The van der Waals surface area contributed by atoms with Crippen LogP contribution in [-0.4, -0.2) is 23.3 Å². The molecule has 2 rings (SSSR count). The molecule has 7 heteroatoms. The highest BCUT2D eigenvalue weighted by molar-refractivity contribution is 5.65. The van der Waals surface area contributed by atoms with Gasteiger partial charge in [-0.1, -0.05) is 12.1 Å². The molecule has 2 N–H and O–H groups in total. The van der Waals surface area contributed by atoms with Gasteiger partial charge in [-0.05, 0) is 17.7 Å². The topological polar surface area (TPSA) is 108 Å². The highest BCUT2D eigenvalue weighted by atomic mass is 16.5. The van der Waals surface area contributed by atoms with Crippen molar-refractivity contribution in [2.45, 2.75) is 12.5 Å². The predicted molar refractivity (Wildman–Crippen MR) is 71.8 cm³/mol. The Morgan fingerprint density at radius 1 is 1.52 bits per heavy atom. The van der Waals surface area contributed by atoms with E-state index in [9.17, 15) is 4.79 Å². The Morgan fingerprint density at radius 3 is 2.81 bits per heavy atom. The SMILES string of the molecule is COc1ccc(C[C@H](NC(=O)O)c2ocnc2C#N)cc1. The van der Waals surface area contributed by atoms with E-state index < -0.39 is 12.1 Å². The molecule has 0 radical (unpaired) electrons. The zero-order valence-electron chi connectivity index (χ0n) is 11.2. The largest absolute Gasteiger partial charge is 0.497 e. The first-order chi connectivity index (χ1) is 10.1. The van der Waals surface area contributed by atoms with Gasteiger partial charge in [-0.15, -0.1) is 0 Å². The fourth-order valence-corrected chi connectivity index (χ4v) is 1.94. The average Bonchev–Trinajstić information content (AvgIpc) is 2.95. The van der Waals surface area contributed by atoms with E-state index in [-0.39, 0.29) is 11.5 Å². The summed E-state index contributed by atoms with van der Waals surface area (Å²) in [5.41, 5.74) is 0.942. The summed E-state index contributed by atoms with van der Waals surface area (Å²) in [4.78, 5) is 14.7. The number of methoxy groups -OCH3 is 1. The summed E-state index contributed by atoms with van der Waals surface area (Å²) in [7, 11) is 1.57. The van der Waals surface area contributed by atoms with Crippen molar-refractivity contribution in [1.82, 2.24) is 10.3 Å². The van der Waals surface area contributed by atoms with Gasteiger partial charge in [0.05, 0.1) is 13.2 Å². The lowest BCUT2D eigenvalue weighted by molar-refractivity contribution is 0.187. The minimum atomic E-state index is -1.20. The number of rotatable bonds is 5. The summed E-state index contributed by atoms with van der Waals surface area (Å²) in [6.45, 7) is 0. The van der Waals surface area contributed by atoms with Crippen LogP contribution in [0.3, 0.4) is 0 Å². The Hall–Kier alpha value is -3.01. The second-order valence-corrected chi connectivity index (χ2v) is 4.23. The molecule has 0 saturated carbocycles. The van der Waals surface area contributed by atoms with Crippen LogP contribution in [0, 0.1) is 11.3 Å². The van der Waals surface area contributed by atoms with Gasteiger partial charge in [0.25, 0.3) is 0 Å². The van der Waals surface area contributed by atoms with Crippen LogP contribution in [0.4, 0.5) is 4.79 Å². The van der Waals surface area contributed by atoms with Crippen LogP contribution in [0.5, 0.6) is 5.75 Å². The lowest BCUT2D eigenvalue weighted by Crippen LogP contribution is -2.28. The maximum absolute atomic E-state index is 10.9. The number of carboxylic acid groups (broad SMARTS) is 1. The molecule has 1 aromatic carbocycles. The van der Waals surface area contributed by atoms with Gasteiger partial charge < -0.3 is 19.6 Å². The molecule has 108 valence electrons. The van der Waals surface area contributed by atoms with Crippen molar-refractivity contribution in [1.29, 1.82) is 5.26 Å². The molecule has 21 heavy (non-hydrogen) atoms. The molecule has 1 amide bonds. The third-order valence-electron chi connectivity index (χ3n) is 2.91. The highest BCUT2D eigenvalue weighted by Crippen LogP contribution is 2.22. The van der Waals surface area contributed by atoms with Gasteiger partial charge in [0.1, 0.15) is 11.8 Å². The molecule has 0 bridgehead atoms. The normalized spacial score (nSPS) is 11.4. The quantitative estimate of drug-likeness (QED) is 0.871. The van der Waals surface area contributed by atoms with Gasteiger partial charge in [-0.3, -0.25) is 0 Å². The zero-order valence-corrected chi connectivity index (χ0v) is 11.2. The van der Waals surface area contributed by atoms with Crippen molar-refractivity contribution < 1.29 is 19.1 Å². The first-order valence-corrected chi connectivity index (χ1v) is 6.10. The van der Waals surface area contributed by atoms with E-state index in [1.54, 1.807) is 19.2 Å². The molecule has 1 heterocycles. The van der Waals surface area contributed by atoms with Crippen LogP contribution in [0.15, 0.2) is 35.1 Å². The number of oxazole rings is 1. The van der Waals surface area contributed by atoms with Crippen LogP contribution in [-0.2, 0) is 6.42 Å². The van der Waals surface area contributed by atoms with Gasteiger partial charge in [-0.25, -0.2) is 9.78 Å². The minimum Gasteiger partial charge on any atom is -0.497 e. The van der Waals surface area contributed by atoms with Crippen molar-refractivity contribution in [2.75, 3.05) is 7.11 Å². The molecule has 1 aromatic heterocycles. The summed E-state index contributed by atoms with van der Waals surface area (Å²) in [5, 5.41) is 20.2. The molecule has 7 nitrogen and oxygen atoms in total. The molecule has 0 spiro atoms. The summed E-state index contributed by atoms with van der Waals surface area (Å²) in [6.07, 6.45) is 0.257. The van der Waals surface area contributed by atoms with E-state index in [2.05, 4.69) is 10.3 Å². The smallest absolute Gasteiger partial charge is 0.405 e. The monoisotopic (exact) mass is 287 g/mol. The number of benzene rings is 1. The maximum atomic E-state index is 10.9. The predicted octanol–water partition coefficient (Wildman–Crippen LogP) is 2.11. The first-order valence-electron chi connectivity index (χ1n) is 6.10. The summed E-state index contributed by atoms with van der Waals surface area (Å²) >= 11 is 0.